The van der Waals surface area contributed by atoms with Crippen molar-refractivity contribution in [3.63, 3.8) is 0 Å². The molecule has 0 fully saturated rings. The van der Waals surface area contributed by atoms with Crippen molar-refractivity contribution in [1.29, 1.82) is 0 Å². The molecular formula is C11H15ClO3S. The molecule has 0 aliphatic rings. The van der Waals surface area contributed by atoms with E-state index in [-0.39, 0.29) is 10.3 Å². The van der Waals surface area contributed by atoms with E-state index in [1.54, 1.807) is 12.1 Å². The molecule has 0 bridgehead atoms. The van der Waals surface area contributed by atoms with Crippen LogP contribution in [0.25, 0.3) is 0 Å². The molecule has 0 unspecified atom stereocenters. The summed E-state index contributed by atoms with van der Waals surface area (Å²) in [5, 5.41) is 0. The van der Waals surface area contributed by atoms with E-state index < -0.39 is 9.05 Å². The lowest BCUT2D eigenvalue weighted by molar-refractivity contribution is 0.197. The SMILES string of the molecule is CC(C)(C)COc1cccc(S(=O)(=O)Cl)c1. The van der Waals surface area contributed by atoms with Crippen molar-refractivity contribution in [2.45, 2.75) is 25.7 Å². The van der Waals surface area contributed by atoms with Gasteiger partial charge in [0.25, 0.3) is 9.05 Å². The number of halogens is 1. The van der Waals surface area contributed by atoms with Gasteiger partial charge in [-0.15, -0.1) is 0 Å². The largest absolute Gasteiger partial charge is 0.493 e. The van der Waals surface area contributed by atoms with Crippen LogP contribution in [-0.4, -0.2) is 15.0 Å². The van der Waals surface area contributed by atoms with Crippen LogP contribution in [0.3, 0.4) is 0 Å². The maximum atomic E-state index is 11.1. The van der Waals surface area contributed by atoms with Crippen LogP contribution < -0.4 is 4.74 Å². The molecule has 1 aromatic rings. The molecule has 0 radical (unpaired) electrons. The number of ether oxygens (including phenoxy) is 1. The van der Waals surface area contributed by atoms with Crippen LogP contribution in [0.2, 0.25) is 0 Å². The predicted octanol–water partition coefficient (Wildman–Crippen LogP) is 3.04. The molecular weight excluding hydrogens is 248 g/mol. The minimum atomic E-state index is -3.69. The molecule has 0 aliphatic heterocycles. The highest BCUT2D eigenvalue weighted by Gasteiger charge is 2.13. The third-order valence-electron chi connectivity index (χ3n) is 1.76. The van der Waals surface area contributed by atoms with Crippen LogP contribution in [0.1, 0.15) is 20.8 Å². The maximum absolute atomic E-state index is 11.1. The summed E-state index contributed by atoms with van der Waals surface area (Å²) < 4.78 is 27.7. The molecule has 0 aromatic heterocycles. The monoisotopic (exact) mass is 262 g/mol. The molecule has 90 valence electrons. The number of benzene rings is 1. The van der Waals surface area contributed by atoms with Crippen molar-refractivity contribution in [3.05, 3.63) is 24.3 Å². The van der Waals surface area contributed by atoms with Gasteiger partial charge in [-0.25, -0.2) is 8.42 Å². The summed E-state index contributed by atoms with van der Waals surface area (Å²) >= 11 is 0. The van der Waals surface area contributed by atoms with Crippen LogP contribution in [0.5, 0.6) is 5.75 Å². The van der Waals surface area contributed by atoms with Crippen molar-refractivity contribution in [2.24, 2.45) is 5.41 Å². The maximum Gasteiger partial charge on any atom is 0.261 e. The second kappa shape index (κ2) is 4.63. The first kappa shape index (κ1) is 13.3. The second-order valence-corrected chi connectivity index (χ2v) is 7.33. The first-order valence-corrected chi connectivity index (χ1v) is 7.17. The molecule has 1 aromatic carbocycles. The van der Waals surface area contributed by atoms with E-state index in [0.29, 0.717) is 12.4 Å². The lowest BCUT2D eigenvalue weighted by atomic mass is 9.99. The Labute approximate surface area is 101 Å². The minimum absolute atomic E-state index is 0.0237. The Morgan fingerprint density at radius 3 is 2.44 bits per heavy atom. The molecule has 3 nitrogen and oxygen atoms in total. The van der Waals surface area contributed by atoms with Gasteiger partial charge in [-0.05, 0) is 17.5 Å². The van der Waals surface area contributed by atoms with Crippen molar-refractivity contribution in [1.82, 2.24) is 0 Å². The van der Waals surface area contributed by atoms with Crippen LogP contribution in [0.15, 0.2) is 29.2 Å². The van der Waals surface area contributed by atoms with Gasteiger partial charge in [-0.2, -0.15) is 0 Å². The van der Waals surface area contributed by atoms with E-state index in [2.05, 4.69) is 0 Å². The van der Waals surface area contributed by atoms with Crippen molar-refractivity contribution in [3.8, 4) is 5.75 Å². The van der Waals surface area contributed by atoms with Crippen LogP contribution in [-0.2, 0) is 9.05 Å². The van der Waals surface area contributed by atoms with Crippen molar-refractivity contribution >= 4 is 19.7 Å². The Morgan fingerprint density at radius 1 is 1.31 bits per heavy atom. The fourth-order valence-electron chi connectivity index (χ4n) is 1.02. The molecule has 0 heterocycles. The van der Waals surface area contributed by atoms with Gasteiger partial charge in [0.1, 0.15) is 5.75 Å². The molecule has 0 atom stereocenters. The highest BCUT2D eigenvalue weighted by atomic mass is 35.7. The Kier molecular flexibility index (Phi) is 3.86. The molecule has 0 spiro atoms. The first-order valence-electron chi connectivity index (χ1n) is 4.86. The standard InChI is InChI=1S/C11H15ClO3S/c1-11(2,3)8-15-9-5-4-6-10(7-9)16(12,13)14/h4-7H,8H2,1-3H3. The van der Waals surface area contributed by atoms with E-state index >= 15 is 0 Å². The number of hydrogen-bond donors (Lipinski definition) is 0. The number of rotatable bonds is 3. The van der Waals surface area contributed by atoms with Gasteiger partial charge in [0.2, 0.25) is 0 Å². The summed E-state index contributed by atoms with van der Waals surface area (Å²) in [6, 6.07) is 6.17. The molecule has 0 saturated heterocycles. The smallest absolute Gasteiger partial charge is 0.261 e. The highest BCUT2D eigenvalue weighted by Crippen LogP contribution is 2.22. The Bertz CT molecular complexity index is 460. The van der Waals surface area contributed by atoms with Crippen molar-refractivity contribution < 1.29 is 13.2 Å². The van der Waals surface area contributed by atoms with Gasteiger partial charge >= 0.3 is 0 Å². The Balaban J connectivity index is 2.84. The molecule has 0 N–H and O–H groups in total. The van der Waals surface area contributed by atoms with E-state index in [1.165, 1.54) is 12.1 Å². The summed E-state index contributed by atoms with van der Waals surface area (Å²) in [5.74, 6) is 0.511. The summed E-state index contributed by atoms with van der Waals surface area (Å²) in [4.78, 5) is 0.0561. The van der Waals surface area contributed by atoms with Gasteiger partial charge < -0.3 is 4.74 Å². The van der Waals surface area contributed by atoms with Crippen LogP contribution in [0, 0.1) is 5.41 Å². The number of hydrogen-bond acceptors (Lipinski definition) is 3. The Hall–Kier alpha value is -0.740. The van der Waals surface area contributed by atoms with E-state index in [4.69, 9.17) is 15.4 Å². The van der Waals surface area contributed by atoms with Gasteiger partial charge in [0.15, 0.2) is 0 Å². The lowest BCUT2D eigenvalue weighted by Crippen LogP contribution is -2.16. The third-order valence-corrected chi connectivity index (χ3v) is 3.11. The molecule has 16 heavy (non-hydrogen) atoms. The molecule has 5 heteroatoms. The average molecular weight is 263 g/mol. The van der Waals surface area contributed by atoms with E-state index in [9.17, 15) is 8.42 Å². The summed E-state index contributed by atoms with van der Waals surface area (Å²) in [6.45, 7) is 6.62. The van der Waals surface area contributed by atoms with Gasteiger partial charge in [0, 0.05) is 16.7 Å². The zero-order valence-corrected chi connectivity index (χ0v) is 11.1. The molecule has 0 aliphatic carbocycles. The lowest BCUT2D eigenvalue weighted by Gasteiger charge is -2.18. The van der Waals surface area contributed by atoms with Crippen molar-refractivity contribution in [2.75, 3.05) is 6.61 Å². The molecule has 0 saturated carbocycles. The van der Waals surface area contributed by atoms with Gasteiger partial charge in [0.05, 0.1) is 11.5 Å². The summed E-state index contributed by atoms with van der Waals surface area (Å²) in [7, 11) is 1.55. The fourth-order valence-corrected chi connectivity index (χ4v) is 1.80. The Morgan fingerprint density at radius 2 is 1.94 bits per heavy atom. The average Bonchev–Trinajstić information content (AvgIpc) is 2.13. The van der Waals surface area contributed by atoms with Gasteiger partial charge in [-0.3, -0.25) is 0 Å². The zero-order valence-electron chi connectivity index (χ0n) is 9.53. The molecule has 1 rings (SSSR count). The summed E-state index contributed by atoms with van der Waals surface area (Å²) in [6.07, 6.45) is 0. The zero-order chi connectivity index (χ0) is 12.4. The quantitative estimate of drug-likeness (QED) is 0.787. The van der Waals surface area contributed by atoms with E-state index in [0.717, 1.165) is 0 Å². The fraction of sp³-hybridized carbons (Fsp3) is 0.455. The normalized spacial score (nSPS) is 12.5. The highest BCUT2D eigenvalue weighted by molar-refractivity contribution is 8.13. The third kappa shape index (κ3) is 4.41. The van der Waals surface area contributed by atoms with Crippen LogP contribution in [0.4, 0.5) is 0 Å². The topological polar surface area (TPSA) is 43.4 Å². The van der Waals surface area contributed by atoms with E-state index in [1.807, 2.05) is 20.8 Å². The van der Waals surface area contributed by atoms with Crippen LogP contribution >= 0.6 is 10.7 Å². The molecule has 0 amide bonds. The summed E-state index contributed by atoms with van der Waals surface area (Å²) in [5.41, 5.74) is 0.0237. The second-order valence-electron chi connectivity index (χ2n) is 4.76. The predicted molar refractivity (Wildman–Crippen MR) is 64.4 cm³/mol. The van der Waals surface area contributed by atoms with Gasteiger partial charge in [-0.1, -0.05) is 26.8 Å². The first-order chi connectivity index (χ1) is 7.18. The minimum Gasteiger partial charge on any atom is -0.493 e.